The van der Waals surface area contributed by atoms with Gasteiger partial charge in [0.15, 0.2) is 18.9 Å². The van der Waals surface area contributed by atoms with Crippen LogP contribution in [0.5, 0.6) is 0 Å². The summed E-state index contributed by atoms with van der Waals surface area (Å²) in [7, 11) is 0. The van der Waals surface area contributed by atoms with E-state index in [1.807, 2.05) is 12.2 Å². The number of ether oxygens (including phenoxy) is 6. The first-order chi connectivity index (χ1) is 36.8. The lowest BCUT2D eigenvalue weighted by Gasteiger charge is -2.48. The molecule has 0 aromatic carbocycles. The van der Waals surface area contributed by atoms with E-state index >= 15 is 0 Å². The molecule has 3 rings (SSSR count). The molecular formula is C57H99NO18. The highest BCUT2D eigenvalue weighted by Gasteiger charge is 2.53. The van der Waals surface area contributed by atoms with E-state index in [9.17, 15) is 61.0 Å². The van der Waals surface area contributed by atoms with Gasteiger partial charge in [0.1, 0.15) is 73.2 Å². The Kier molecular flexibility index (Phi) is 36.2. The summed E-state index contributed by atoms with van der Waals surface area (Å²) in [6.45, 7) is 1.58. The van der Waals surface area contributed by atoms with Gasteiger partial charge in [0.25, 0.3) is 0 Å². The Balaban J connectivity index is 1.55. The van der Waals surface area contributed by atoms with Crippen molar-refractivity contribution in [3.8, 4) is 0 Å². The van der Waals surface area contributed by atoms with Crippen LogP contribution in [0.2, 0.25) is 0 Å². The summed E-state index contributed by atoms with van der Waals surface area (Å²) in [5, 5.41) is 120. The number of amides is 1. The van der Waals surface area contributed by atoms with E-state index in [0.717, 1.165) is 44.9 Å². The molecule has 17 unspecified atom stereocenters. The maximum Gasteiger partial charge on any atom is 0.224 e. The number of hydrogen-bond donors (Lipinski definition) is 12. The summed E-state index contributed by atoms with van der Waals surface area (Å²) in [6, 6.07) is -0.943. The summed E-state index contributed by atoms with van der Waals surface area (Å²) < 4.78 is 34.2. The minimum Gasteiger partial charge on any atom is -0.394 e. The zero-order valence-electron chi connectivity index (χ0n) is 45.5. The van der Waals surface area contributed by atoms with Crippen molar-refractivity contribution < 1.29 is 89.4 Å². The SMILES string of the molecule is CC/C=C\C/C=C\C/C=C\C/C=C\C/C=C\CC(=O)NC(COC1OC(CO)C(OC2OC(CO)C(OC3OC(CO)C(O)C(O)C3O)C(O)C2O)C(O)C1O)C(O)CCCCCCCCCCCCCCCCCC. The number of hydrogen-bond acceptors (Lipinski definition) is 18. The fourth-order valence-corrected chi connectivity index (χ4v) is 9.44. The summed E-state index contributed by atoms with van der Waals surface area (Å²) >= 11 is 0. The second kappa shape index (κ2) is 40.6. The zero-order valence-corrected chi connectivity index (χ0v) is 45.5. The molecule has 19 heteroatoms. The molecule has 17 atom stereocenters. The number of aliphatic hydroxyl groups excluding tert-OH is 11. The fourth-order valence-electron chi connectivity index (χ4n) is 9.44. The average Bonchev–Trinajstić information content (AvgIpc) is 3.41. The number of carbonyl (C=O) groups excluding carboxylic acids is 1. The molecule has 0 saturated carbocycles. The molecule has 3 aliphatic heterocycles. The van der Waals surface area contributed by atoms with Gasteiger partial charge in [-0.2, -0.15) is 0 Å². The summed E-state index contributed by atoms with van der Waals surface area (Å²) in [4.78, 5) is 13.2. The molecule has 0 spiro atoms. The molecule has 0 aromatic rings. The number of aliphatic hydroxyl groups is 11. The van der Waals surface area contributed by atoms with Crippen molar-refractivity contribution in [3.05, 3.63) is 60.8 Å². The van der Waals surface area contributed by atoms with Gasteiger partial charge < -0.3 is 89.9 Å². The van der Waals surface area contributed by atoms with Crippen LogP contribution in [-0.2, 0) is 33.2 Å². The minimum absolute atomic E-state index is 0.0320. The number of nitrogens with one attached hydrogen (secondary N) is 1. The van der Waals surface area contributed by atoms with Crippen LogP contribution < -0.4 is 5.32 Å². The number of allylic oxidation sites excluding steroid dienone is 9. The molecule has 3 aliphatic rings. The van der Waals surface area contributed by atoms with Crippen LogP contribution in [0.4, 0.5) is 0 Å². The lowest BCUT2D eigenvalue weighted by molar-refractivity contribution is -0.379. The third-order valence-corrected chi connectivity index (χ3v) is 14.1. The molecule has 3 heterocycles. The average molecular weight is 1090 g/mol. The van der Waals surface area contributed by atoms with E-state index in [2.05, 4.69) is 61.7 Å². The molecule has 0 radical (unpaired) electrons. The van der Waals surface area contributed by atoms with Crippen molar-refractivity contribution in [3.63, 3.8) is 0 Å². The van der Waals surface area contributed by atoms with Gasteiger partial charge in [-0.1, -0.05) is 177 Å². The smallest absolute Gasteiger partial charge is 0.224 e. The molecule has 12 N–H and O–H groups in total. The van der Waals surface area contributed by atoms with Gasteiger partial charge in [-0.25, -0.2) is 0 Å². The van der Waals surface area contributed by atoms with Crippen molar-refractivity contribution >= 4 is 5.91 Å². The Morgan fingerprint density at radius 1 is 0.474 bits per heavy atom. The van der Waals surface area contributed by atoms with Crippen LogP contribution in [-0.4, -0.2) is 193 Å². The molecule has 19 nitrogen and oxygen atoms in total. The van der Waals surface area contributed by atoms with E-state index < -0.39 is 124 Å². The molecule has 3 fully saturated rings. The monoisotopic (exact) mass is 1090 g/mol. The topological polar surface area (TPSA) is 307 Å². The second-order valence-electron chi connectivity index (χ2n) is 20.4. The van der Waals surface area contributed by atoms with Gasteiger partial charge in [0, 0.05) is 6.42 Å². The molecular weight excluding hydrogens is 987 g/mol. The maximum atomic E-state index is 13.2. The first-order valence-electron chi connectivity index (χ1n) is 28.5. The summed E-state index contributed by atoms with van der Waals surface area (Å²) in [5.41, 5.74) is 0. The Bertz CT molecular complexity index is 1630. The highest BCUT2D eigenvalue weighted by molar-refractivity contribution is 5.77. The second-order valence-corrected chi connectivity index (χ2v) is 20.4. The molecule has 0 aliphatic carbocycles. The van der Waals surface area contributed by atoms with Crippen molar-refractivity contribution in [2.24, 2.45) is 0 Å². The normalized spacial score (nSPS) is 31.4. The van der Waals surface area contributed by atoms with Gasteiger partial charge >= 0.3 is 0 Å². The van der Waals surface area contributed by atoms with Crippen LogP contribution in [0.15, 0.2) is 60.8 Å². The van der Waals surface area contributed by atoms with Crippen molar-refractivity contribution in [2.45, 2.75) is 266 Å². The lowest BCUT2D eigenvalue weighted by atomic mass is 9.96. The Morgan fingerprint density at radius 3 is 1.30 bits per heavy atom. The third kappa shape index (κ3) is 24.9. The highest BCUT2D eigenvalue weighted by Crippen LogP contribution is 2.33. The van der Waals surface area contributed by atoms with Crippen molar-refractivity contribution in [1.29, 1.82) is 0 Å². The maximum absolute atomic E-state index is 13.2. The van der Waals surface area contributed by atoms with Crippen molar-refractivity contribution in [2.75, 3.05) is 26.4 Å². The summed E-state index contributed by atoms with van der Waals surface area (Å²) in [5.74, 6) is -0.372. The Morgan fingerprint density at radius 2 is 0.855 bits per heavy atom. The van der Waals surface area contributed by atoms with Crippen LogP contribution in [0.25, 0.3) is 0 Å². The quantitative estimate of drug-likeness (QED) is 0.0304. The van der Waals surface area contributed by atoms with E-state index in [4.69, 9.17) is 28.4 Å². The molecule has 3 saturated heterocycles. The number of unbranched alkanes of at least 4 members (excludes halogenated alkanes) is 15. The molecule has 0 bridgehead atoms. The first kappa shape index (κ1) is 67.8. The molecule has 1 amide bonds. The molecule has 440 valence electrons. The van der Waals surface area contributed by atoms with Crippen LogP contribution in [0.1, 0.15) is 162 Å². The molecule has 0 aromatic heterocycles. The van der Waals surface area contributed by atoms with E-state index in [0.29, 0.717) is 19.3 Å². The minimum atomic E-state index is -1.98. The van der Waals surface area contributed by atoms with Crippen LogP contribution >= 0.6 is 0 Å². The molecule has 76 heavy (non-hydrogen) atoms. The Labute approximate surface area is 452 Å². The Hall–Kier alpha value is -2.51. The van der Waals surface area contributed by atoms with E-state index in [1.54, 1.807) is 6.08 Å². The fraction of sp³-hybridized carbons (Fsp3) is 0.807. The highest BCUT2D eigenvalue weighted by atomic mass is 16.8. The number of carbonyl (C=O) groups is 1. The number of rotatable bonds is 40. The summed E-state index contributed by atoms with van der Waals surface area (Å²) in [6.07, 6.45) is 17.7. The van der Waals surface area contributed by atoms with Crippen LogP contribution in [0.3, 0.4) is 0 Å². The first-order valence-corrected chi connectivity index (χ1v) is 28.5. The van der Waals surface area contributed by atoms with Gasteiger partial charge in [0.05, 0.1) is 38.6 Å². The predicted octanol–water partition coefficient (Wildman–Crippen LogP) is 4.09. The van der Waals surface area contributed by atoms with Gasteiger partial charge in [-0.3, -0.25) is 4.79 Å². The van der Waals surface area contributed by atoms with Gasteiger partial charge in [-0.05, 0) is 38.5 Å². The largest absolute Gasteiger partial charge is 0.394 e. The third-order valence-electron chi connectivity index (χ3n) is 14.1. The predicted molar refractivity (Wildman–Crippen MR) is 286 cm³/mol. The van der Waals surface area contributed by atoms with E-state index in [-0.39, 0.29) is 18.9 Å². The van der Waals surface area contributed by atoms with Gasteiger partial charge in [-0.15, -0.1) is 0 Å². The van der Waals surface area contributed by atoms with Crippen LogP contribution in [0, 0.1) is 0 Å². The standard InChI is InChI=1S/C57H99NO18/c1-3-5-7-9-11-13-15-17-19-21-22-24-26-28-30-32-34-41(62)40(58-45(63)35-33-31-29-27-25-23-20-18-16-14-12-10-8-6-4-2)39-71-55-51(69)48(66)53(43(37-60)73-55)76-57-52(70)49(67)54(44(38-61)74-57)75-56-50(68)47(65)46(64)42(36-59)72-56/h6,8,12,14,18,20,25,27,31,33,40-44,46-57,59-62,64-70H,3-5,7,9-11,13,15-17,19,21-24,26,28-30,32,34-39H2,1-2H3,(H,58,63)/b8-6-,14-12-,20-18-,27-25-,33-31-. The van der Waals surface area contributed by atoms with E-state index in [1.165, 1.54) is 77.0 Å². The zero-order chi connectivity index (χ0) is 55.5. The lowest BCUT2D eigenvalue weighted by Crippen LogP contribution is -2.66. The van der Waals surface area contributed by atoms with Crippen molar-refractivity contribution in [1.82, 2.24) is 5.32 Å². The van der Waals surface area contributed by atoms with Gasteiger partial charge in [0.2, 0.25) is 5.91 Å².